The Morgan fingerprint density at radius 2 is 1.88 bits per heavy atom. The Bertz CT molecular complexity index is 1140. The fraction of sp³-hybridized carbons (Fsp3) is 0.429. The van der Waals surface area contributed by atoms with Gasteiger partial charge in [0.2, 0.25) is 0 Å². The minimum atomic E-state index is -4.25. The first-order valence-electron chi connectivity index (χ1n) is 9.99. The highest BCUT2D eigenvalue weighted by atomic mass is 32.2. The first-order valence-corrected chi connectivity index (χ1v) is 11.5. The first kappa shape index (κ1) is 25.1. The summed E-state index contributed by atoms with van der Waals surface area (Å²) >= 11 is 0. The van der Waals surface area contributed by atoms with Gasteiger partial charge in [-0.15, -0.1) is 0 Å². The largest absolute Gasteiger partial charge is 0.444 e. The van der Waals surface area contributed by atoms with Gasteiger partial charge in [-0.1, -0.05) is 26.0 Å². The second-order valence-corrected chi connectivity index (χ2v) is 10.3. The quantitative estimate of drug-likeness (QED) is 0.569. The number of carbonyl (C=O) groups excluding carboxylic acids is 2. The number of H-pyrrole nitrogens is 1. The van der Waals surface area contributed by atoms with Gasteiger partial charge in [0.05, 0.1) is 10.6 Å². The van der Waals surface area contributed by atoms with Crippen molar-refractivity contribution >= 4 is 22.0 Å². The average Bonchev–Trinajstić information content (AvgIpc) is 2.65. The van der Waals surface area contributed by atoms with E-state index in [4.69, 9.17) is 4.74 Å². The van der Waals surface area contributed by atoms with Gasteiger partial charge >= 0.3 is 11.8 Å². The SMILES string of the molecule is CC(C)C[C@H](NC(=O)OC(C)(C)C)C(=O)NS(=O)(=O)c1cccc(-c2ccnc(=O)[nH]2)c1. The lowest BCUT2D eigenvalue weighted by Crippen LogP contribution is -2.50. The average molecular weight is 465 g/mol. The normalized spacial score (nSPS) is 12.8. The van der Waals surface area contributed by atoms with Crippen LogP contribution >= 0.6 is 0 Å². The molecule has 2 rings (SSSR count). The van der Waals surface area contributed by atoms with Crippen LogP contribution in [0.2, 0.25) is 0 Å². The number of nitrogens with zero attached hydrogens (tertiary/aromatic N) is 1. The predicted molar refractivity (Wildman–Crippen MR) is 118 cm³/mol. The molecule has 0 aliphatic rings. The number of amides is 2. The maximum absolute atomic E-state index is 12.8. The minimum absolute atomic E-state index is 0.00441. The summed E-state index contributed by atoms with van der Waals surface area (Å²) in [5, 5.41) is 2.44. The molecule has 1 aromatic heterocycles. The van der Waals surface area contributed by atoms with E-state index < -0.39 is 39.4 Å². The highest BCUT2D eigenvalue weighted by molar-refractivity contribution is 7.90. The number of aromatic nitrogens is 2. The molecule has 0 aliphatic heterocycles. The molecule has 0 spiro atoms. The molecule has 174 valence electrons. The molecule has 0 unspecified atom stereocenters. The second-order valence-electron chi connectivity index (χ2n) is 8.61. The van der Waals surface area contributed by atoms with Gasteiger partial charge in [-0.2, -0.15) is 0 Å². The van der Waals surface area contributed by atoms with E-state index in [0.29, 0.717) is 11.3 Å². The van der Waals surface area contributed by atoms with Gasteiger partial charge in [0.25, 0.3) is 15.9 Å². The van der Waals surface area contributed by atoms with Crippen molar-refractivity contribution in [2.45, 2.75) is 57.6 Å². The van der Waals surface area contributed by atoms with Crippen molar-refractivity contribution < 1.29 is 22.7 Å². The van der Waals surface area contributed by atoms with Gasteiger partial charge in [-0.05, 0) is 56.9 Å². The van der Waals surface area contributed by atoms with Crippen molar-refractivity contribution in [2.24, 2.45) is 5.92 Å². The number of benzene rings is 1. The first-order chi connectivity index (χ1) is 14.8. The summed E-state index contributed by atoms with van der Waals surface area (Å²) < 4.78 is 32.9. The molecule has 1 aromatic carbocycles. The van der Waals surface area contributed by atoms with Crippen LogP contribution < -0.4 is 15.7 Å². The van der Waals surface area contributed by atoms with E-state index in [1.165, 1.54) is 30.5 Å². The Morgan fingerprint density at radius 3 is 2.47 bits per heavy atom. The summed E-state index contributed by atoms with van der Waals surface area (Å²) in [5.41, 5.74) is -0.555. The maximum atomic E-state index is 12.8. The molecule has 1 atom stereocenters. The van der Waals surface area contributed by atoms with Crippen LogP contribution in [-0.4, -0.2) is 42.0 Å². The van der Waals surface area contributed by atoms with Gasteiger partial charge in [0.15, 0.2) is 0 Å². The monoisotopic (exact) mass is 464 g/mol. The number of hydrogen-bond acceptors (Lipinski definition) is 7. The van der Waals surface area contributed by atoms with Crippen molar-refractivity contribution in [2.75, 3.05) is 0 Å². The summed E-state index contributed by atoms with van der Waals surface area (Å²) in [4.78, 5) is 42.2. The van der Waals surface area contributed by atoms with E-state index in [9.17, 15) is 22.8 Å². The molecule has 11 heteroatoms. The number of hydrogen-bond donors (Lipinski definition) is 3. The Labute approximate surface area is 186 Å². The maximum Gasteiger partial charge on any atom is 0.408 e. The second kappa shape index (κ2) is 9.94. The zero-order chi connectivity index (χ0) is 24.1. The standard InChI is InChI=1S/C21H28N4O6S/c1-13(2)11-17(24-20(28)31-21(3,4)5)18(26)25-32(29,30)15-8-6-7-14(12-15)16-9-10-22-19(27)23-16/h6-10,12-13,17H,11H2,1-5H3,(H,24,28)(H,25,26)(H,22,23,27)/t17-/m0/s1. The van der Waals surface area contributed by atoms with Crippen LogP contribution in [0.3, 0.4) is 0 Å². The molecule has 1 heterocycles. The number of nitrogens with one attached hydrogen (secondary N) is 3. The van der Waals surface area contributed by atoms with E-state index in [1.807, 2.05) is 18.6 Å². The Kier molecular flexibility index (Phi) is 7.78. The number of aromatic amines is 1. The molecular formula is C21H28N4O6S. The third-order valence-electron chi connectivity index (χ3n) is 4.08. The molecule has 0 fully saturated rings. The highest BCUT2D eigenvalue weighted by Gasteiger charge is 2.28. The van der Waals surface area contributed by atoms with Crippen LogP contribution in [0.4, 0.5) is 4.79 Å². The number of alkyl carbamates (subject to hydrolysis) is 1. The van der Waals surface area contributed by atoms with E-state index in [-0.39, 0.29) is 17.2 Å². The third-order valence-corrected chi connectivity index (χ3v) is 5.42. The number of carbonyl (C=O) groups is 2. The van der Waals surface area contributed by atoms with Crippen LogP contribution in [0.5, 0.6) is 0 Å². The van der Waals surface area contributed by atoms with Crippen LogP contribution in [0.15, 0.2) is 46.2 Å². The molecule has 0 saturated carbocycles. The van der Waals surface area contributed by atoms with Crippen molar-refractivity contribution in [3.8, 4) is 11.3 Å². The summed E-state index contributed by atoms with van der Waals surface area (Å²) in [6.07, 6.45) is 0.689. The van der Waals surface area contributed by atoms with Crippen LogP contribution in [-0.2, 0) is 19.6 Å². The van der Waals surface area contributed by atoms with Crippen molar-refractivity contribution in [3.63, 3.8) is 0 Å². The molecule has 2 amide bonds. The van der Waals surface area contributed by atoms with E-state index in [0.717, 1.165) is 0 Å². The fourth-order valence-electron chi connectivity index (χ4n) is 2.78. The van der Waals surface area contributed by atoms with Gasteiger partial charge in [0, 0.05) is 6.20 Å². The van der Waals surface area contributed by atoms with Crippen molar-refractivity contribution in [1.29, 1.82) is 0 Å². The smallest absolute Gasteiger partial charge is 0.408 e. The van der Waals surface area contributed by atoms with Crippen molar-refractivity contribution in [3.05, 3.63) is 47.0 Å². The summed E-state index contributed by atoms with van der Waals surface area (Å²) in [6, 6.07) is 6.14. The van der Waals surface area contributed by atoms with Crippen molar-refractivity contribution in [1.82, 2.24) is 20.0 Å². The van der Waals surface area contributed by atoms with Gasteiger partial charge in [-0.25, -0.2) is 27.7 Å². The lowest BCUT2D eigenvalue weighted by atomic mass is 10.0. The number of sulfonamides is 1. The third kappa shape index (κ3) is 7.49. The Morgan fingerprint density at radius 1 is 1.19 bits per heavy atom. The van der Waals surface area contributed by atoms with Gasteiger partial charge < -0.3 is 15.0 Å². The molecule has 0 bridgehead atoms. The minimum Gasteiger partial charge on any atom is -0.444 e. The zero-order valence-electron chi connectivity index (χ0n) is 18.6. The Hall–Kier alpha value is -3.21. The van der Waals surface area contributed by atoms with Crippen LogP contribution in [0, 0.1) is 5.92 Å². The van der Waals surface area contributed by atoms with Gasteiger partial charge in [0.1, 0.15) is 11.6 Å². The topological polar surface area (TPSA) is 147 Å². The molecule has 10 nitrogen and oxygen atoms in total. The lowest BCUT2D eigenvalue weighted by Gasteiger charge is -2.24. The summed E-state index contributed by atoms with van der Waals surface area (Å²) in [5.74, 6) is -0.887. The zero-order valence-corrected chi connectivity index (χ0v) is 19.4. The van der Waals surface area contributed by atoms with Crippen LogP contribution in [0.25, 0.3) is 11.3 Å². The van der Waals surface area contributed by atoms with Crippen LogP contribution in [0.1, 0.15) is 41.0 Å². The molecule has 0 aliphatic carbocycles. The molecule has 32 heavy (non-hydrogen) atoms. The summed E-state index contributed by atoms with van der Waals surface area (Å²) in [6.45, 7) is 8.71. The van der Waals surface area contributed by atoms with E-state index >= 15 is 0 Å². The van der Waals surface area contributed by atoms with Gasteiger partial charge in [-0.3, -0.25) is 4.79 Å². The highest BCUT2D eigenvalue weighted by Crippen LogP contribution is 2.20. The fourth-order valence-corrected chi connectivity index (χ4v) is 3.85. The predicted octanol–water partition coefficient (Wildman–Crippen LogP) is 2.18. The number of rotatable bonds is 7. The molecule has 2 aromatic rings. The lowest BCUT2D eigenvalue weighted by molar-refractivity contribution is -0.121. The Balaban J connectivity index is 2.24. The summed E-state index contributed by atoms with van der Waals surface area (Å²) in [7, 11) is -4.25. The van der Waals surface area contributed by atoms with E-state index in [1.54, 1.807) is 26.8 Å². The molecule has 0 saturated heterocycles. The molecule has 3 N–H and O–H groups in total. The number of ether oxygens (including phenoxy) is 1. The molecular weight excluding hydrogens is 436 g/mol. The van der Waals surface area contributed by atoms with E-state index in [2.05, 4.69) is 15.3 Å². The molecule has 0 radical (unpaired) electrons.